The molecule has 4 rings (SSSR count). The molecule has 1 amide bonds. The predicted molar refractivity (Wildman–Crippen MR) is 151 cm³/mol. The van der Waals surface area contributed by atoms with Gasteiger partial charge in [-0.3, -0.25) is 4.79 Å². The highest BCUT2D eigenvalue weighted by atomic mass is 19.1. The van der Waals surface area contributed by atoms with Crippen molar-refractivity contribution < 1.29 is 13.9 Å². The number of ether oxygens (including phenoxy) is 1. The van der Waals surface area contributed by atoms with Crippen LogP contribution in [0.4, 0.5) is 10.1 Å². The van der Waals surface area contributed by atoms with Crippen LogP contribution in [0.15, 0.2) is 36.4 Å². The highest BCUT2D eigenvalue weighted by Crippen LogP contribution is 2.58. The quantitative estimate of drug-likeness (QED) is 0.441. The first-order valence-corrected chi connectivity index (χ1v) is 11.8. The molecule has 0 unspecified atom stereocenters. The van der Waals surface area contributed by atoms with Crippen LogP contribution in [0.1, 0.15) is 37.6 Å². The number of hydrogen-bond donors (Lipinski definition) is 2. The summed E-state index contributed by atoms with van der Waals surface area (Å²) < 4.78 is 21.2. The normalized spacial score (nSPS) is 18.4. The number of nitrogens with zero attached hydrogens (tertiary/aromatic N) is 1. The van der Waals surface area contributed by atoms with Crippen molar-refractivity contribution in [1.29, 1.82) is 5.41 Å². The molecule has 1 aliphatic rings. The summed E-state index contributed by atoms with van der Waals surface area (Å²) in [6.45, 7) is 7.01. The van der Waals surface area contributed by atoms with Crippen molar-refractivity contribution in [3.8, 4) is 5.69 Å². The zero-order valence-corrected chi connectivity index (χ0v) is 21.5. The molecule has 1 aliphatic heterocycles. The second kappa shape index (κ2) is 8.97. The van der Waals surface area contributed by atoms with Gasteiger partial charge >= 0.3 is 0 Å². The van der Waals surface area contributed by atoms with Crippen molar-refractivity contribution in [2.45, 2.75) is 43.4 Å². The van der Waals surface area contributed by atoms with Crippen LogP contribution in [0.5, 0.6) is 0 Å². The van der Waals surface area contributed by atoms with Crippen LogP contribution in [0.2, 0.25) is 10.4 Å². The van der Waals surface area contributed by atoms with Gasteiger partial charge in [-0.15, -0.1) is 0 Å². The van der Waals surface area contributed by atoms with E-state index in [2.05, 4.69) is 5.32 Å². The number of carbonyl (C=O) groups excluding carboxylic acids is 1. The summed E-state index contributed by atoms with van der Waals surface area (Å²) in [6, 6.07) is 9.32. The van der Waals surface area contributed by atoms with E-state index < -0.39 is 27.0 Å². The Balaban J connectivity index is 2.12. The van der Waals surface area contributed by atoms with E-state index in [0.717, 1.165) is 6.21 Å². The summed E-state index contributed by atoms with van der Waals surface area (Å²) in [5.41, 5.74) is 2.50. The van der Waals surface area contributed by atoms with E-state index in [4.69, 9.17) is 49.4 Å². The Morgan fingerprint density at radius 3 is 2.16 bits per heavy atom. The molecule has 1 saturated heterocycles. The number of fused-ring (bicyclic) bond motifs is 1. The predicted octanol–water partition coefficient (Wildman–Crippen LogP) is 3.36. The van der Waals surface area contributed by atoms with Gasteiger partial charge in [-0.1, -0.05) is 31.2 Å². The number of amides is 1. The summed E-state index contributed by atoms with van der Waals surface area (Å²) in [5.74, 6) is -0.630. The lowest BCUT2D eigenvalue weighted by Gasteiger charge is -2.60. The number of hydrogen-bond acceptors (Lipinski definition) is 3. The average molecular weight is 485 g/mol. The van der Waals surface area contributed by atoms with E-state index in [9.17, 15) is 9.18 Å². The number of nitrogens with one attached hydrogen (secondary N) is 2. The van der Waals surface area contributed by atoms with Crippen molar-refractivity contribution in [3.63, 3.8) is 0 Å². The van der Waals surface area contributed by atoms with E-state index in [1.165, 1.54) is 12.1 Å². The molecule has 178 valence electrons. The molecule has 0 bridgehead atoms. The topological polar surface area (TPSA) is 67.1 Å². The Labute approximate surface area is 223 Å². The molecule has 2 heterocycles. The van der Waals surface area contributed by atoms with Crippen molar-refractivity contribution in [2.24, 2.45) is 5.41 Å². The van der Waals surface area contributed by atoms with Crippen molar-refractivity contribution in [2.75, 3.05) is 18.5 Å². The second-order valence-electron chi connectivity index (χ2n) is 11.0. The lowest BCUT2D eigenvalue weighted by atomic mass is 9.22. The Kier molecular flexibility index (Phi) is 6.64. The lowest BCUT2D eigenvalue weighted by molar-refractivity contribution is -0.123. The number of carbonyl (C=O) groups is 1. The van der Waals surface area contributed by atoms with Crippen LogP contribution in [-0.4, -0.2) is 69.1 Å². The van der Waals surface area contributed by atoms with Crippen molar-refractivity contribution >= 4 is 67.9 Å². The Morgan fingerprint density at radius 1 is 1.08 bits per heavy atom. The molecule has 1 aromatic heterocycles. The zero-order valence-electron chi connectivity index (χ0n) is 21.5. The maximum Gasteiger partial charge on any atom is 0.229 e. The molecule has 2 aromatic carbocycles. The zero-order chi connectivity index (χ0) is 27.6. The largest absolute Gasteiger partial charge is 0.383 e. The maximum absolute atomic E-state index is 13.9. The highest BCUT2D eigenvalue weighted by molar-refractivity contribution is 6.52. The second-order valence-corrected chi connectivity index (χ2v) is 11.0. The van der Waals surface area contributed by atoms with Gasteiger partial charge < -0.3 is 20.0 Å². The number of aromatic nitrogens is 1. The van der Waals surface area contributed by atoms with Gasteiger partial charge in [-0.2, -0.15) is 0 Å². The molecule has 5 nitrogen and oxygen atoms in total. The van der Waals surface area contributed by atoms with Crippen LogP contribution in [0.3, 0.4) is 0 Å². The van der Waals surface area contributed by atoms with E-state index in [1.807, 2.05) is 6.92 Å². The van der Waals surface area contributed by atoms with Gasteiger partial charge in [0.15, 0.2) is 0 Å². The van der Waals surface area contributed by atoms with Gasteiger partial charge in [-0.25, -0.2) is 4.39 Å². The molecule has 2 N–H and O–H groups in total. The summed E-state index contributed by atoms with van der Waals surface area (Å²) in [7, 11) is 33.1. The van der Waals surface area contributed by atoms with Gasteiger partial charge in [0.1, 0.15) is 5.82 Å². The fourth-order valence-corrected chi connectivity index (χ4v) is 4.86. The highest BCUT2D eigenvalue weighted by Gasteiger charge is 2.55. The summed E-state index contributed by atoms with van der Waals surface area (Å²) in [5, 5.41) is 6.56. The van der Waals surface area contributed by atoms with E-state index in [1.54, 1.807) is 49.6 Å². The van der Waals surface area contributed by atoms with E-state index in [-0.39, 0.29) is 19.1 Å². The van der Waals surface area contributed by atoms with E-state index in [0.29, 0.717) is 39.1 Å². The van der Waals surface area contributed by atoms with Crippen LogP contribution in [-0.2, 0) is 14.8 Å². The molecule has 0 atom stereocenters. The maximum atomic E-state index is 13.9. The molecule has 1 fully saturated rings. The minimum Gasteiger partial charge on any atom is -0.383 e. The van der Waals surface area contributed by atoms with Gasteiger partial charge in [0, 0.05) is 47.2 Å². The van der Waals surface area contributed by atoms with Gasteiger partial charge in [0.05, 0.1) is 50.4 Å². The Bertz CT molecular complexity index is 1380. The molecular weight excluding hydrogens is 459 g/mol. The SMILES string of the molecule is [B]C1([B])COCC([B])([B])C1([B])c1c(C)c2cc(NC(=O)C(C)(C)C)c(C=N)cc2n1-c1ccc(F)cc1. The van der Waals surface area contributed by atoms with E-state index >= 15 is 0 Å². The molecule has 3 aromatic rings. The third-order valence-corrected chi connectivity index (χ3v) is 7.08. The van der Waals surface area contributed by atoms with Crippen LogP contribution >= 0.6 is 0 Å². The lowest BCUT2D eigenvalue weighted by Crippen LogP contribution is -2.60. The number of anilines is 1. The molecule has 0 spiro atoms. The third-order valence-electron chi connectivity index (χ3n) is 7.08. The minimum absolute atomic E-state index is 0.108. The van der Waals surface area contributed by atoms with Crippen LogP contribution in [0, 0.1) is 23.6 Å². The molecule has 10 radical (unpaired) electrons. The first kappa shape index (κ1) is 27.4. The summed E-state index contributed by atoms with van der Waals surface area (Å²) in [6.07, 6.45) is 1.15. The van der Waals surface area contributed by atoms with Crippen LogP contribution in [0.25, 0.3) is 16.6 Å². The fraction of sp³-hybridized carbons (Fsp3) is 0.385. The molecular formula is C26H25B5FN3O2. The monoisotopic (exact) mass is 485 g/mol. The van der Waals surface area contributed by atoms with Gasteiger partial charge in [0.25, 0.3) is 0 Å². The Hall–Kier alpha value is -2.67. The number of rotatable bonds is 4. The standard InChI is InChI=1S/C26H25B5FN3O2/c1-14-18-10-19(34-22(36)23(2,3)4)15(11-33)9-20(18)35(17-7-5-16(32)6-8-17)21(14)26(31)24(27,28)12-37-13-25(26,29)30/h5-11,33H,12-13H2,1-4H3,(H,34,36). The smallest absolute Gasteiger partial charge is 0.229 e. The van der Waals surface area contributed by atoms with Gasteiger partial charge in [0.2, 0.25) is 5.91 Å². The van der Waals surface area contributed by atoms with Crippen molar-refractivity contribution in [3.05, 3.63) is 59.0 Å². The Morgan fingerprint density at radius 2 is 1.65 bits per heavy atom. The number of benzene rings is 2. The summed E-state index contributed by atoms with van der Waals surface area (Å²) in [4.78, 5) is 12.8. The molecule has 0 saturated carbocycles. The number of aryl methyl sites for hydroxylation is 1. The minimum atomic E-state index is -1.71. The molecule has 11 heteroatoms. The fourth-order valence-electron chi connectivity index (χ4n) is 4.86. The molecule has 37 heavy (non-hydrogen) atoms. The van der Waals surface area contributed by atoms with Crippen LogP contribution < -0.4 is 5.32 Å². The molecule has 0 aliphatic carbocycles. The van der Waals surface area contributed by atoms with Crippen molar-refractivity contribution in [1.82, 2.24) is 4.57 Å². The summed E-state index contributed by atoms with van der Waals surface area (Å²) >= 11 is 0. The average Bonchev–Trinajstić information content (AvgIpc) is 3.08. The number of halogens is 1. The third kappa shape index (κ3) is 4.29. The first-order valence-electron chi connectivity index (χ1n) is 11.8. The first-order chi connectivity index (χ1) is 17.0. The van der Waals surface area contributed by atoms with Gasteiger partial charge in [-0.05, 0) is 54.2 Å².